The van der Waals surface area contributed by atoms with Gasteiger partial charge in [0.15, 0.2) is 5.16 Å². The van der Waals surface area contributed by atoms with Crippen LogP contribution in [0.15, 0.2) is 46.5 Å². The molecule has 2 N–H and O–H groups in total. The normalized spacial score (nSPS) is 11.0. The van der Waals surface area contributed by atoms with E-state index in [0.717, 1.165) is 0 Å². The van der Waals surface area contributed by atoms with E-state index in [1.807, 2.05) is 6.26 Å². The highest BCUT2D eigenvalue weighted by molar-refractivity contribution is 7.98. The lowest BCUT2D eigenvalue weighted by molar-refractivity contribution is 0.598. The zero-order chi connectivity index (χ0) is 15.7. The molecule has 0 unspecified atom stereocenters. The second kappa shape index (κ2) is 5.76. The molecule has 1 aromatic carbocycles. The van der Waals surface area contributed by atoms with Crippen LogP contribution >= 0.6 is 11.8 Å². The van der Waals surface area contributed by atoms with E-state index in [-0.39, 0.29) is 17.9 Å². The van der Waals surface area contributed by atoms with E-state index in [0.29, 0.717) is 27.4 Å². The van der Waals surface area contributed by atoms with Gasteiger partial charge in [-0.1, -0.05) is 30.0 Å². The molecule has 22 heavy (non-hydrogen) atoms. The maximum atomic E-state index is 13.9. The summed E-state index contributed by atoms with van der Waals surface area (Å²) in [6, 6.07) is 7.65. The monoisotopic (exact) mass is 316 g/mol. The van der Waals surface area contributed by atoms with Crippen molar-refractivity contribution in [1.82, 2.24) is 14.5 Å². The summed E-state index contributed by atoms with van der Waals surface area (Å²) < 4.78 is 15.3. The van der Waals surface area contributed by atoms with Gasteiger partial charge in [-0.25, -0.2) is 14.4 Å². The van der Waals surface area contributed by atoms with Crippen LogP contribution in [0.5, 0.6) is 0 Å². The molecule has 112 valence electrons. The number of halogens is 1. The summed E-state index contributed by atoms with van der Waals surface area (Å²) in [6.07, 6.45) is 3.42. The van der Waals surface area contributed by atoms with E-state index in [1.54, 1.807) is 24.4 Å². The van der Waals surface area contributed by atoms with Crippen LogP contribution in [0, 0.1) is 5.82 Å². The van der Waals surface area contributed by atoms with Crippen molar-refractivity contribution in [3.63, 3.8) is 0 Å². The summed E-state index contributed by atoms with van der Waals surface area (Å²) in [5.74, 6) is -0.362. The second-order valence-corrected chi connectivity index (χ2v) is 5.48. The fourth-order valence-corrected chi connectivity index (χ4v) is 2.54. The van der Waals surface area contributed by atoms with Crippen molar-refractivity contribution in [3.05, 3.63) is 58.3 Å². The Hall–Kier alpha value is -2.41. The second-order valence-electron chi connectivity index (χ2n) is 4.71. The highest BCUT2D eigenvalue weighted by atomic mass is 32.2. The van der Waals surface area contributed by atoms with Crippen LogP contribution in [0.1, 0.15) is 5.56 Å². The van der Waals surface area contributed by atoms with Gasteiger partial charge in [-0.2, -0.15) is 0 Å². The maximum Gasteiger partial charge on any atom is 0.254 e. The molecule has 0 atom stereocenters. The Labute approximate surface area is 130 Å². The number of nitrogens with zero attached hydrogens (tertiary/aromatic N) is 3. The summed E-state index contributed by atoms with van der Waals surface area (Å²) in [4.78, 5) is 20.8. The Kier molecular flexibility index (Phi) is 3.81. The number of pyridine rings is 1. The zero-order valence-electron chi connectivity index (χ0n) is 11.8. The van der Waals surface area contributed by atoms with Gasteiger partial charge in [-0.3, -0.25) is 9.36 Å². The third kappa shape index (κ3) is 2.55. The van der Waals surface area contributed by atoms with Gasteiger partial charge < -0.3 is 5.73 Å². The molecule has 0 fully saturated rings. The average Bonchev–Trinajstić information content (AvgIpc) is 2.52. The molecule has 0 radical (unpaired) electrons. The molecule has 0 spiro atoms. The van der Waals surface area contributed by atoms with Crippen LogP contribution in [0.2, 0.25) is 0 Å². The van der Waals surface area contributed by atoms with Crippen LogP contribution in [0.3, 0.4) is 0 Å². The van der Waals surface area contributed by atoms with Crippen LogP contribution < -0.4 is 11.3 Å². The maximum absolute atomic E-state index is 13.9. The lowest BCUT2D eigenvalue weighted by Crippen LogP contribution is -2.22. The van der Waals surface area contributed by atoms with Gasteiger partial charge in [0.1, 0.15) is 11.5 Å². The van der Waals surface area contributed by atoms with Crippen molar-refractivity contribution < 1.29 is 4.39 Å². The number of hydrogen-bond donors (Lipinski definition) is 1. The summed E-state index contributed by atoms with van der Waals surface area (Å²) >= 11 is 1.36. The van der Waals surface area contributed by atoms with Crippen molar-refractivity contribution in [2.75, 3.05) is 12.0 Å². The predicted octanol–water partition coefficient (Wildman–Crippen LogP) is 2.28. The van der Waals surface area contributed by atoms with Gasteiger partial charge in [-0.05, 0) is 12.3 Å². The summed E-state index contributed by atoms with van der Waals surface area (Å²) in [6.45, 7) is 0.0904. The molecular formula is C15H13FN4OS. The molecule has 5 nitrogen and oxygen atoms in total. The number of benzene rings is 1. The largest absolute Gasteiger partial charge is 0.398 e. The standard InChI is InChI=1S/C15H13FN4OS/c1-22-15-18-7-10-12(17)6-13(21)20(14(10)19-15)8-9-4-2-3-5-11(9)16/h2-7H,8,17H2,1H3. The van der Waals surface area contributed by atoms with E-state index < -0.39 is 0 Å². The van der Waals surface area contributed by atoms with Gasteiger partial charge in [0, 0.05) is 23.5 Å². The third-order valence-electron chi connectivity index (χ3n) is 3.33. The number of fused-ring (bicyclic) bond motifs is 1. The van der Waals surface area contributed by atoms with Gasteiger partial charge in [0.2, 0.25) is 0 Å². The number of rotatable bonds is 3. The number of aromatic nitrogens is 3. The van der Waals surface area contributed by atoms with E-state index in [1.165, 1.54) is 28.5 Å². The molecule has 0 saturated heterocycles. The minimum atomic E-state index is -0.362. The fraction of sp³-hybridized carbons (Fsp3) is 0.133. The van der Waals surface area contributed by atoms with Gasteiger partial charge >= 0.3 is 0 Å². The van der Waals surface area contributed by atoms with E-state index >= 15 is 0 Å². The molecule has 0 aliphatic heterocycles. The van der Waals surface area contributed by atoms with Crippen molar-refractivity contribution >= 4 is 28.5 Å². The Bertz CT molecular complexity index is 910. The highest BCUT2D eigenvalue weighted by Gasteiger charge is 2.12. The molecule has 2 aromatic heterocycles. The van der Waals surface area contributed by atoms with Gasteiger partial charge in [0.25, 0.3) is 5.56 Å². The Morgan fingerprint density at radius 1 is 1.36 bits per heavy atom. The minimum absolute atomic E-state index is 0.0904. The molecule has 3 rings (SSSR count). The SMILES string of the molecule is CSc1ncc2c(N)cc(=O)n(Cc3ccccc3F)c2n1. The minimum Gasteiger partial charge on any atom is -0.398 e. The Morgan fingerprint density at radius 2 is 2.14 bits per heavy atom. The summed E-state index contributed by atoms with van der Waals surface area (Å²) in [7, 11) is 0. The molecule has 0 aliphatic rings. The zero-order valence-corrected chi connectivity index (χ0v) is 12.6. The van der Waals surface area contributed by atoms with Crippen LogP contribution in [-0.2, 0) is 6.54 Å². The lowest BCUT2D eigenvalue weighted by Gasteiger charge is -2.12. The quantitative estimate of drug-likeness (QED) is 0.593. The van der Waals surface area contributed by atoms with E-state index in [4.69, 9.17) is 5.73 Å². The summed E-state index contributed by atoms with van der Waals surface area (Å²) in [5.41, 5.74) is 6.69. The van der Waals surface area contributed by atoms with Crippen molar-refractivity contribution in [3.8, 4) is 0 Å². The molecule has 2 heterocycles. The topological polar surface area (TPSA) is 73.8 Å². The molecule has 3 aromatic rings. The molecular weight excluding hydrogens is 303 g/mol. The van der Waals surface area contributed by atoms with Crippen LogP contribution in [-0.4, -0.2) is 20.8 Å². The molecule has 0 aliphatic carbocycles. The number of thioether (sulfide) groups is 1. The Morgan fingerprint density at radius 3 is 2.86 bits per heavy atom. The number of nitrogen functional groups attached to an aromatic ring is 1. The van der Waals surface area contributed by atoms with E-state index in [2.05, 4.69) is 9.97 Å². The van der Waals surface area contributed by atoms with Crippen molar-refractivity contribution in [2.45, 2.75) is 11.7 Å². The first kappa shape index (κ1) is 14.5. The molecule has 0 bridgehead atoms. The highest BCUT2D eigenvalue weighted by Crippen LogP contribution is 2.20. The lowest BCUT2D eigenvalue weighted by atomic mass is 10.2. The third-order valence-corrected chi connectivity index (χ3v) is 3.89. The van der Waals surface area contributed by atoms with E-state index in [9.17, 15) is 9.18 Å². The average molecular weight is 316 g/mol. The smallest absolute Gasteiger partial charge is 0.254 e. The van der Waals surface area contributed by atoms with Crippen molar-refractivity contribution in [1.29, 1.82) is 0 Å². The van der Waals surface area contributed by atoms with Crippen LogP contribution in [0.4, 0.5) is 10.1 Å². The number of anilines is 1. The number of nitrogens with two attached hydrogens (primary N) is 1. The molecule has 0 saturated carbocycles. The van der Waals surface area contributed by atoms with Crippen LogP contribution in [0.25, 0.3) is 11.0 Å². The first-order valence-corrected chi connectivity index (χ1v) is 7.76. The molecule has 0 amide bonds. The fourth-order valence-electron chi connectivity index (χ4n) is 2.21. The summed E-state index contributed by atoms with van der Waals surface area (Å²) in [5, 5.41) is 1.11. The Balaban J connectivity index is 2.24. The number of hydrogen-bond acceptors (Lipinski definition) is 5. The predicted molar refractivity (Wildman–Crippen MR) is 85.5 cm³/mol. The first-order valence-electron chi connectivity index (χ1n) is 6.53. The first-order chi connectivity index (χ1) is 10.6. The van der Waals surface area contributed by atoms with Crippen molar-refractivity contribution in [2.24, 2.45) is 0 Å². The van der Waals surface area contributed by atoms with Gasteiger partial charge in [-0.15, -0.1) is 0 Å². The van der Waals surface area contributed by atoms with Gasteiger partial charge in [0.05, 0.1) is 11.9 Å². The molecule has 7 heteroatoms.